The smallest absolute Gasteiger partial charge is 0.227 e. The lowest BCUT2D eigenvalue weighted by molar-refractivity contribution is -0.132. The molecule has 1 heterocycles. The first-order valence-electron chi connectivity index (χ1n) is 6.31. The van der Waals surface area contributed by atoms with Crippen molar-refractivity contribution in [3.63, 3.8) is 0 Å². The normalized spacial score (nSPS) is 14.4. The quantitative estimate of drug-likeness (QED) is 0.820. The van der Waals surface area contributed by atoms with Crippen molar-refractivity contribution < 1.29 is 4.79 Å². The highest BCUT2D eigenvalue weighted by Gasteiger charge is 2.22. The Morgan fingerprint density at radius 1 is 1.00 bits per heavy atom. The monoisotopic (exact) mass is 271 g/mol. The number of hydrogen-bond acceptors (Lipinski definition) is 1. The third-order valence-electron chi connectivity index (χ3n) is 3.46. The van der Waals surface area contributed by atoms with E-state index in [1.54, 1.807) is 0 Å². The molecule has 19 heavy (non-hydrogen) atoms. The Kier molecular flexibility index (Phi) is 3.26. The van der Waals surface area contributed by atoms with Gasteiger partial charge < -0.3 is 4.90 Å². The third kappa shape index (κ3) is 2.64. The minimum Gasteiger partial charge on any atom is -0.334 e. The second-order valence-electron chi connectivity index (χ2n) is 4.82. The molecule has 0 saturated heterocycles. The van der Waals surface area contributed by atoms with Crippen molar-refractivity contribution in [1.82, 2.24) is 4.90 Å². The summed E-state index contributed by atoms with van der Waals surface area (Å²) in [6.45, 7) is 1.34. The van der Waals surface area contributed by atoms with Crippen molar-refractivity contribution >= 4 is 17.5 Å². The molecule has 0 saturated carbocycles. The Hall–Kier alpha value is -1.80. The van der Waals surface area contributed by atoms with Gasteiger partial charge in [-0.3, -0.25) is 4.79 Å². The van der Waals surface area contributed by atoms with E-state index < -0.39 is 0 Å². The fourth-order valence-corrected chi connectivity index (χ4v) is 2.53. The lowest BCUT2D eigenvalue weighted by Crippen LogP contribution is -2.35. The van der Waals surface area contributed by atoms with E-state index in [4.69, 9.17) is 11.6 Å². The molecule has 1 amide bonds. The van der Waals surface area contributed by atoms with Crippen LogP contribution in [0, 0.1) is 0 Å². The molecule has 2 aromatic carbocycles. The van der Waals surface area contributed by atoms with Crippen LogP contribution in [-0.4, -0.2) is 10.8 Å². The highest BCUT2D eigenvalue weighted by atomic mass is 35.5. The topological polar surface area (TPSA) is 20.3 Å². The number of halogens is 1. The van der Waals surface area contributed by atoms with E-state index in [1.165, 1.54) is 5.56 Å². The molecule has 1 aliphatic heterocycles. The van der Waals surface area contributed by atoms with Crippen LogP contribution in [-0.2, 0) is 24.3 Å². The Morgan fingerprint density at radius 3 is 2.42 bits per heavy atom. The zero-order chi connectivity index (χ0) is 13.2. The maximum absolute atomic E-state index is 12.1. The van der Waals surface area contributed by atoms with E-state index in [1.807, 2.05) is 47.4 Å². The number of hydrogen-bond donors (Lipinski definition) is 0. The van der Waals surface area contributed by atoms with E-state index in [-0.39, 0.29) is 5.91 Å². The van der Waals surface area contributed by atoms with Crippen LogP contribution < -0.4 is 0 Å². The molecule has 2 aromatic rings. The van der Waals surface area contributed by atoms with Gasteiger partial charge in [0.05, 0.1) is 6.42 Å². The predicted octanol–water partition coefficient (Wildman–Crippen LogP) is 3.42. The van der Waals surface area contributed by atoms with Crippen molar-refractivity contribution in [1.29, 1.82) is 0 Å². The predicted molar refractivity (Wildman–Crippen MR) is 75.9 cm³/mol. The Balaban J connectivity index is 1.79. The van der Waals surface area contributed by atoms with Crippen LogP contribution in [0.1, 0.15) is 16.7 Å². The maximum Gasteiger partial charge on any atom is 0.227 e. The molecule has 0 unspecified atom stereocenters. The van der Waals surface area contributed by atoms with Crippen molar-refractivity contribution in [2.45, 2.75) is 19.5 Å². The number of carbonyl (C=O) groups is 1. The molecule has 0 aliphatic carbocycles. The van der Waals surface area contributed by atoms with Crippen LogP contribution in [0.15, 0.2) is 48.5 Å². The van der Waals surface area contributed by atoms with Gasteiger partial charge in [-0.1, -0.05) is 48.0 Å². The number of benzene rings is 2. The van der Waals surface area contributed by atoms with Crippen LogP contribution in [0.2, 0.25) is 5.02 Å². The van der Waals surface area contributed by atoms with Crippen molar-refractivity contribution in [3.8, 4) is 0 Å². The summed E-state index contributed by atoms with van der Waals surface area (Å²) >= 11 is 5.87. The molecule has 2 nitrogen and oxygen atoms in total. The highest BCUT2D eigenvalue weighted by Crippen LogP contribution is 2.21. The van der Waals surface area contributed by atoms with Gasteiger partial charge in [-0.15, -0.1) is 0 Å². The van der Waals surface area contributed by atoms with Crippen LogP contribution >= 0.6 is 11.6 Å². The first-order chi connectivity index (χ1) is 9.22. The van der Waals surface area contributed by atoms with Crippen LogP contribution in [0.25, 0.3) is 0 Å². The van der Waals surface area contributed by atoms with Gasteiger partial charge in [0.25, 0.3) is 0 Å². The minimum atomic E-state index is 0.189. The van der Waals surface area contributed by atoms with Gasteiger partial charge >= 0.3 is 0 Å². The summed E-state index contributed by atoms with van der Waals surface area (Å²) in [5, 5.41) is 0.721. The molecular formula is C16H14ClNO. The molecule has 0 fully saturated rings. The van der Waals surface area contributed by atoms with E-state index in [0.717, 1.165) is 16.1 Å². The van der Waals surface area contributed by atoms with Gasteiger partial charge in [-0.05, 0) is 28.8 Å². The zero-order valence-electron chi connectivity index (χ0n) is 10.5. The third-order valence-corrected chi connectivity index (χ3v) is 3.71. The molecular weight excluding hydrogens is 258 g/mol. The second kappa shape index (κ2) is 5.06. The molecule has 3 heteroatoms. The molecule has 0 N–H and O–H groups in total. The summed E-state index contributed by atoms with van der Waals surface area (Å²) in [5.41, 5.74) is 3.51. The fraction of sp³-hybridized carbons (Fsp3) is 0.188. The maximum atomic E-state index is 12.1. The van der Waals surface area contributed by atoms with Gasteiger partial charge in [0, 0.05) is 18.1 Å². The van der Waals surface area contributed by atoms with Crippen LogP contribution in [0.3, 0.4) is 0 Å². The Morgan fingerprint density at radius 2 is 1.68 bits per heavy atom. The van der Waals surface area contributed by atoms with Crippen molar-refractivity contribution in [2.24, 2.45) is 0 Å². The molecule has 0 bridgehead atoms. The van der Waals surface area contributed by atoms with Crippen LogP contribution in [0.4, 0.5) is 0 Å². The lowest BCUT2D eigenvalue weighted by atomic mass is 9.99. The summed E-state index contributed by atoms with van der Waals surface area (Å²) in [6, 6.07) is 15.8. The number of amides is 1. The first-order valence-corrected chi connectivity index (χ1v) is 6.69. The largest absolute Gasteiger partial charge is 0.334 e. The first kappa shape index (κ1) is 12.2. The van der Waals surface area contributed by atoms with Crippen LogP contribution in [0.5, 0.6) is 0 Å². The van der Waals surface area contributed by atoms with Crippen molar-refractivity contribution in [2.75, 3.05) is 0 Å². The standard InChI is InChI=1S/C16H14ClNO/c17-15-7-5-12(6-8-15)10-18-11-14-4-2-1-3-13(14)9-16(18)19/h1-8H,9-11H2. The molecule has 0 radical (unpaired) electrons. The number of rotatable bonds is 2. The van der Waals surface area contributed by atoms with Gasteiger partial charge in [-0.2, -0.15) is 0 Å². The van der Waals surface area contributed by atoms with Gasteiger partial charge in [-0.25, -0.2) is 0 Å². The Labute approximate surface area is 117 Å². The fourth-order valence-electron chi connectivity index (χ4n) is 2.41. The molecule has 0 aromatic heterocycles. The van der Waals surface area contributed by atoms with E-state index in [2.05, 4.69) is 6.07 Å². The molecule has 96 valence electrons. The van der Waals surface area contributed by atoms with E-state index in [9.17, 15) is 4.79 Å². The number of fused-ring (bicyclic) bond motifs is 1. The lowest BCUT2D eigenvalue weighted by Gasteiger charge is -2.28. The molecule has 0 atom stereocenters. The zero-order valence-corrected chi connectivity index (χ0v) is 11.2. The number of nitrogens with zero attached hydrogens (tertiary/aromatic N) is 1. The molecule has 0 spiro atoms. The minimum absolute atomic E-state index is 0.189. The van der Waals surface area contributed by atoms with Gasteiger partial charge in [0.1, 0.15) is 0 Å². The highest BCUT2D eigenvalue weighted by molar-refractivity contribution is 6.30. The van der Waals surface area contributed by atoms with Crippen molar-refractivity contribution in [3.05, 3.63) is 70.2 Å². The second-order valence-corrected chi connectivity index (χ2v) is 5.26. The molecule has 3 rings (SSSR count). The summed E-state index contributed by atoms with van der Waals surface area (Å²) < 4.78 is 0. The SMILES string of the molecule is O=C1Cc2ccccc2CN1Cc1ccc(Cl)cc1. The summed E-state index contributed by atoms with van der Waals surface area (Å²) in [6.07, 6.45) is 0.504. The summed E-state index contributed by atoms with van der Waals surface area (Å²) in [4.78, 5) is 14.0. The summed E-state index contributed by atoms with van der Waals surface area (Å²) in [5.74, 6) is 0.189. The average Bonchev–Trinajstić information content (AvgIpc) is 2.42. The summed E-state index contributed by atoms with van der Waals surface area (Å²) in [7, 11) is 0. The van der Waals surface area contributed by atoms with Gasteiger partial charge in [0.15, 0.2) is 0 Å². The molecule has 1 aliphatic rings. The average molecular weight is 272 g/mol. The number of carbonyl (C=O) groups excluding carboxylic acids is 1. The van der Waals surface area contributed by atoms with E-state index >= 15 is 0 Å². The van der Waals surface area contributed by atoms with E-state index in [0.29, 0.717) is 19.5 Å². The Bertz CT molecular complexity index is 606. The van der Waals surface area contributed by atoms with Gasteiger partial charge in [0.2, 0.25) is 5.91 Å².